The molecule has 0 spiro atoms. The summed E-state index contributed by atoms with van der Waals surface area (Å²) in [7, 11) is 0. The van der Waals surface area contributed by atoms with Crippen molar-refractivity contribution >= 4 is 27.5 Å². The molecule has 7 heteroatoms. The number of aromatic nitrogens is 2. The maximum absolute atomic E-state index is 13.0. The molecule has 152 valence electrons. The molecule has 29 heavy (non-hydrogen) atoms. The van der Waals surface area contributed by atoms with Gasteiger partial charge < -0.3 is 5.32 Å². The van der Waals surface area contributed by atoms with Crippen molar-refractivity contribution in [3.8, 4) is 0 Å². The number of rotatable bonds is 6. The number of fused-ring (bicyclic) bond motifs is 2. The molecule has 3 aromatic rings. The Hall–Kier alpha value is -2.67. The Kier molecular flexibility index (Phi) is 5.41. The Morgan fingerprint density at radius 2 is 2.00 bits per heavy atom. The summed E-state index contributed by atoms with van der Waals surface area (Å²) in [5, 5.41) is 4.86. The first-order valence-corrected chi connectivity index (χ1v) is 10.9. The van der Waals surface area contributed by atoms with Crippen LogP contribution in [0.25, 0.3) is 10.2 Å². The van der Waals surface area contributed by atoms with E-state index in [1.807, 2.05) is 18.2 Å². The topological polar surface area (TPSA) is 73.1 Å². The second-order valence-electron chi connectivity index (χ2n) is 8.00. The highest BCUT2D eigenvalue weighted by Gasteiger charge is 2.24. The molecule has 0 aliphatic heterocycles. The zero-order chi connectivity index (χ0) is 20.5. The second-order valence-corrected chi connectivity index (χ2v) is 8.92. The summed E-state index contributed by atoms with van der Waals surface area (Å²) in [5.74, 6) is 0.162. The van der Waals surface area contributed by atoms with E-state index in [2.05, 4.69) is 25.2 Å². The zero-order valence-corrected chi connectivity index (χ0v) is 17.5. The fourth-order valence-corrected chi connectivity index (χ4v) is 4.80. The van der Waals surface area contributed by atoms with Crippen molar-refractivity contribution in [1.82, 2.24) is 14.5 Å². The molecule has 0 bridgehead atoms. The molecule has 1 aromatic carbocycles. The van der Waals surface area contributed by atoms with Crippen LogP contribution in [0.2, 0.25) is 0 Å². The van der Waals surface area contributed by atoms with Crippen LogP contribution in [-0.2, 0) is 24.3 Å². The van der Waals surface area contributed by atoms with Crippen molar-refractivity contribution < 1.29 is 4.79 Å². The first-order chi connectivity index (χ1) is 14.0. The predicted octanol–water partition coefficient (Wildman–Crippen LogP) is 3.07. The fourth-order valence-electron chi connectivity index (χ4n) is 3.96. The summed E-state index contributed by atoms with van der Waals surface area (Å²) in [4.78, 5) is 38.6. The number of amides is 1. The van der Waals surface area contributed by atoms with E-state index in [9.17, 15) is 14.4 Å². The van der Waals surface area contributed by atoms with Gasteiger partial charge in [0.05, 0.1) is 11.6 Å². The second kappa shape index (κ2) is 7.99. The van der Waals surface area contributed by atoms with E-state index in [-0.39, 0.29) is 24.1 Å². The van der Waals surface area contributed by atoms with Crippen LogP contribution in [0.5, 0.6) is 0 Å². The van der Waals surface area contributed by atoms with E-state index in [0.29, 0.717) is 22.7 Å². The highest BCUT2D eigenvalue weighted by molar-refractivity contribution is 7.17. The largest absolute Gasteiger partial charge is 0.348 e. The summed E-state index contributed by atoms with van der Waals surface area (Å²) in [6.07, 6.45) is 2.54. The zero-order valence-electron chi connectivity index (χ0n) is 16.7. The lowest BCUT2D eigenvalue weighted by Gasteiger charge is -2.16. The van der Waals surface area contributed by atoms with Crippen molar-refractivity contribution in [3.63, 3.8) is 0 Å². The van der Waals surface area contributed by atoms with E-state index in [0.717, 1.165) is 24.8 Å². The minimum Gasteiger partial charge on any atom is -0.348 e. The van der Waals surface area contributed by atoms with Crippen LogP contribution in [0.4, 0.5) is 0 Å². The van der Waals surface area contributed by atoms with Crippen LogP contribution in [0, 0.1) is 5.92 Å². The van der Waals surface area contributed by atoms with Crippen molar-refractivity contribution in [2.24, 2.45) is 5.92 Å². The monoisotopic (exact) mass is 411 g/mol. The standard InChI is InChI=1S/C22H25N3O3S/c1-14(2)9-11-24-21(27)20-18(10-12-29-20)25(22(24)28)13-19(26)23-17-8-7-15-5-3-4-6-16(15)17/h3-6,10,12,14,17H,7-9,11,13H2,1-2H3,(H,23,26)/t17-/m1/s1. The molecule has 1 aliphatic carbocycles. The Balaban J connectivity index is 1.62. The molecule has 6 nitrogen and oxygen atoms in total. The number of hydrogen-bond donors (Lipinski definition) is 1. The van der Waals surface area contributed by atoms with Gasteiger partial charge in [-0.3, -0.25) is 18.7 Å². The molecule has 1 aliphatic rings. The van der Waals surface area contributed by atoms with Crippen molar-refractivity contribution in [2.75, 3.05) is 0 Å². The molecule has 0 saturated carbocycles. The van der Waals surface area contributed by atoms with Crippen LogP contribution < -0.4 is 16.6 Å². The number of hydrogen-bond acceptors (Lipinski definition) is 4. The summed E-state index contributed by atoms with van der Waals surface area (Å²) in [6, 6.07) is 9.84. The average molecular weight is 412 g/mol. The smallest absolute Gasteiger partial charge is 0.332 e. The van der Waals surface area contributed by atoms with Gasteiger partial charge in [0.2, 0.25) is 5.91 Å². The number of aryl methyl sites for hydroxylation is 1. The number of benzene rings is 1. The quantitative estimate of drug-likeness (QED) is 0.678. The SMILES string of the molecule is CC(C)CCn1c(=O)c2sccc2n(CC(=O)N[C@@H]2CCc3ccccc32)c1=O. The van der Waals surface area contributed by atoms with Gasteiger partial charge in [0.1, 0.15) is 11.2 Å². The van der Waals surface area contributed by atoms with E-state index in [1.165, 1.54) is 26.0 Å². The molecule has 4 rings (SSSR count). The third kappa shape index (κ3) is 3.79. The molecule has 0 saturated heterocycles. The number of carbonyl (C=O) groups is 1. The van der Waals surface area contributed by atoms with Gasteiger partial charge in [-0.05, 0) is 47.8 Å². The number of nitrogens with zero attached hydrogens (tertiary/aromatic N) is 2. The van der Waals surface area contributed by atoms with Crippen LogP contribution in [0.15, 0.2) is 45.3 Å². The van der Waals surface area contributed by atoms with E-state index < -0.39 is 5.69 Å². The van der Waals surface area contributed by atoms with E-state index in [4.69, 9.17) is 0 Å². The third-order valence-corrected chi connectivity index (χ3v) is 6.43. The normalized spacial score (nSPS) is 15.8. The van der Waals surface area contributed by atoms with Gasteiger partial charge in [-0.1, -0.05) is 38.1 Å². The van der Waals surface area contributed by atoms with Crippen LogP contribution >= 0.6 is 11.3 Å². The van der Waals surface area contributed by atoms with Gasteiger partial charge in [0.15, 0.2) is 0 Å². The minimum absolute atomic E-state index is 0.0285. The highest BCUT2D eigenvalue weighted by atomic mass is 32.1. The first-order valence-electron chi connectivity index (χ1n) is 10.0. The molecule has 1 N–H and O–H groups in total. The van der Waals surface area contributed by atoms with Crippen LogP contribution in [0.3, 0.4) is 0 Å². The van der Waals surface area contributed by atoms with Crippen LogP contribution in [0.1, 0.15) is 43.9 Å². The number of nitrogens with one attached hydrogen (secondary N) is 1. The molecule has 0 unspecified atom stereocenters. The molecule has 1 atom stereocenters. The maximum Gasteiger partial charge on any atom is 0.332 e. The maximum atomic E-state index is 13.0. The highest BCUT2D eigenvalue weighted by Crippen LogP contribution is 2.30. The lowest BCUT2D eigenvalue weighted by molar-refractivity contribution is -0.122. The molecule has 0 radical (unpaired) electrons. The van der Waals surface area contributed by atoms with Gasteiger partial charge in [0, 0.05) is 6.54 Å². The van der Waals surface area contributed by atoms with E-state index >= 15 is 0 Å². The minimum atomic E-state index is -0.413. The molecular weight excluding hydrogens is 386 g/mol. The summed E-state index contributed by atoms with van der Waals surface area (Å²) < 4.78 is 3.23. The van der Waals surface area contributed by atoms with Gasteiger partial charge in [-0.15, -0.1) is 11.3 Å². The van der Waals surface area contributed by atoms with Gasteiger partial charge >= 0.3 is 5.69 Å². The van der Waals surface area contributed by atoms with Gasteiger partial charge in [-0.2, -0.15) is 0 Å². The summed E-state index contributed by atoms with van der Waals surface area (Å²) in [6.45, 7) is 4.38. The molecular formula is C22H25N3O3S. The predicted molar refractivity (Wildman–Crippen MR) is 115 cm³/mol. The van der Waals surface area contributed by atoms with Crippen molar-refractivity contribution in [3.05, 3.63) is 67.7 Å². The van der Waals surface area contributed by atoms with Crippen LogP contribution in [-0.4, -0.2) is 15.0 Å². The van der Waals surface area contributed by atoms with Crippen molar-refractivity contribution in [1.29, 1.82) is 0 Å². The lowest BCUT2D eigenvalue weighted by atomic mass is 10.1. The number of thiophene rings is 1. The fraction of sp³-hybridized carbons (Fsp3) is 0.409. The molecule has 0 fully saturated rings. The third-order valence-electron chi connectivity index (χ3n) is 5.54. The Morgan fingerprint density at radius 1 is 1.21 bits per heavy atom. The molecule has 1 amide bonds. The van der Waals surface area contributed by atoms with E-state index in [1.54, 1.807) is 11.4 Å². The molecule has 2 heterocycles. The van der Waals surface area contributed by atoms with Crippen molar-refractivity contribution in [2.45, 2.75) is 52.2 Å². The first kappa shape index (κ1) is 19.6. The summed E-state index contributed by atoms with van der Waals surface area (Å²) in [5.41, 5.74) is 2.27. The number of carbonyl (C=O) groups excluding carboxylic acids is 1. The average Bonchev–Trinajstić information content (AvgIpc) is 3.33. The van der Waals surface area contributed by atoms with Gasteiger partial charge in [0.25, 0.3) is 5.56 Å². The molecule has 2 aromatic heterocycles. The lowest BCUT2D eigenvalue weighted by Crippen LogP contribution is -2.42. The Labute approximate surface area is 172 Å². The Bertz CT molecular complexity index is 1170. The Morgan fingerprint density at radius 3 is 2.79 bits per heavy atom. The summed E-state index contributed by atoms with van der Waals surface area (Å²) >= 11 is 1.31. The van der Waals surface area contributed by atoms with Gasteiger partial charge in [-0.25, -0.2) is 4.79 Å².